The first-order chi connectivity index (χ1) is 17.9. The van der Waals surface area contributed by atoms with Crippen molar-refractivity contribution in [1.82, 2.24) is 14.9 Å². The summed E-state index contributed by atoms with van der Waals surface area (Å²) in [5, 5.41) is 2.72. The monoisotopic (exact) mass is 613 g/mol. The van der Waals surface area contributed by atoms with Crippen LogP contribution in [0.25, 0.3) is 22.3 Å². The van der Waals surface area contributed by atoms with Gasteiger partial charge in [-0.15, -0.1) is 0 Å². The lowest BCUT2D eigenvalue weighted by molar-refractivity contribution is -0.0429. The van der Waals surface area contributed by atoms with Crippen LogP contribution in [0.4, 0.5) is 24.7 Å². The van der Waals surface area contributed by atoms with Crippen molar-refractivity contribution in [3.8, 4) is 22.3 Å². The number of hydrogen-bond donors (Lipinski definition) is 3. The number of nitrogens with zero attached hydrogens (tertiary/aromatic N) is 2. The fourth-order valence-corrected chi connectivity index (χ4v) is 5.58. The van der Waals surface area contributed by atoms with Crippen LogP contribution < -0.4 is 15.8 Å². The molecule has 0 spiro atoms. The maximum Gasteiger partial charge on any atom is 0.516 e. The van der Waals surface area contributed by atoms with Gasteiger partial charge in [-0.2, -0.15) is 21.6 Å². The normalized spacial score (nSPS) is 12.2. The van der Waals surface area contributed by atoms with Gasteiger partial charge in [0.15, 0.2) is 11.5 Å². The molecule has 0 saturated heterocycles. The van der Waals surface area contributed by atoms with E-state index in [1.807, 2.05) is 6.92 Å². The number of hydrogen-bond acceptors (Lipinski definition) is 6. The van der Waals surface area contributed by atoms with E-state index in [0.717, 1.165) is 0 Å². The van der Waals surface area contributed by atoms with E-state index < -0.39 is 21.4 Å². The van der Waals surface area contributed by atoms with Crippen molar-refractivity contribution in [3.63, 3.8) is 0 Å². The number of halogens is 4. The average molecular weight is 614 g/mol. The number of nitrogen functional groups attached to an aromatic ring is 1. The summed E-state index contributed by atoms with van der Waals surface area (Å²) in [6.07, 6.45) is 3.34. The number of nitrogens with one attached hydrogen (secondary N) is 2. The number of imidazole rings is 1. The van der Waals surface area contributed by atoms with Crippen LogP contribution in [0.1, 0.15) is 35.7 Å². The molecule has 0 bridgehead atoms. The molecule has 1 aromatic heterocycles. The molecule has 1 aliphatic carbocycles. The number of aromatic nitrogens is 2. The highest BCUT2D eigenvalue weighted by atomic mass is 79.9. The van der Waals surface area contributed by atoms with Gasteiger partial charge < -0.3 is 20.0 Å². The first-order valence-electron chi connectivity index (χ1n) is 11.4. The molecule has 0 atom stereocenters. The van der Waals surface area contributed by atoms with E-state index in [-0.39, 0.29) is 29.3 Å². The third kappa shape index (κ3) is 4.85. The molecule has 9 nitrogen and oxygen atoms in total. The lowest BCUT2D eigenvalue weighted by Crippen LogP contribution is -2.30. The van der Waals surface area contributed by atoms with Crippen molar-refractivity contribution in [1.29, 1.82) is 0 Å². The minimum absolute atomic E-state index is 0.0395. The molecular weight excluding hydrogens is 591 g/mol. The second-order valence-corrected chi connectivity index (χ2v) is 10.7. The molecule has 1 aliphatic heterocycles. The van der Waals surface area contributed by atoms with Gasteiger partial charge in [0.05, 0.1) is 24.8 Å². The van der Waals surface area contributed by atoms with Crippen LogP contribution in [0.3, 0.4) is 0 Å². The van der Waals surface area contributed by atoms with Crippen molar-refractivity contribution >= 4 is 43.4 Å². The van der Waals surface area contributed by atoms with Crippen LogP contribution in [-0.4, -0.2) is 35.9 Å². The molecule has 1 amide bonds. The third-order valence-corrected chi connectivity index (χ3v) is 7.80. The molecule has 1 aromatic carbocycles. The van der Waals surface area contributed by atoms with Crippen LogP contribution in [0.5, 0.6) is 0 Å². The first-order valence-corrected chi connectivity index (χ1v) is 13.7. The van der Waals surface area contributed by atoms with Gasteiger partial charge in [-0.1, -0.05) is 25.1 Å². The van der Waals surface area contributed by atoms with Gasteiger partial charge in [-0.25, -0.2) is 4.98 Å². The summed E-state index contributed by atoms with van der Waals surface area (Å²) in [6, 6.07) is 7.42. The van der Waals surface area contributed by atoms with Crippen molar-refractivity contribution < 1.29 is 30.8 Å². The minimum Gasteiger partial charge on any atom is -0.472 e. The summed E-state index contributed by atoms with van der Waals surface area (Å²) in [6.45, 7) is 4.02. The lowest BCUT2D eigenvalue weighted by atomic mass is 10.0. The Morgan fingerprint density at radius 2 is 1.87 bits per heavy atom. The molecule has 4 rings (SSSR count). The predicted molar refractivity (Wildman–Crippen MR) is 140 cm³/mol. The Morgan fingerprint density at radius 3 is 2.53 bits per heavy atom. The molecule has 4 N–H and O–H groups in total. The van der Waals surface area contributed by atoms with E-state index in [2.05, 4.69) is 26.2 Å². The fourth-order valence-electron chi connectivity index (χ4n) is 4.24. The maximum absolute atomic E-state index is 13.2. The molecule has 38 heavy (non-hydrogen) atoms. The zero-order valence-electron chi connectivity index (χ0n) is 20.2. The van der Waals surface area contributed by atoms with E-state index >= 15 is 0 Å². The Hall–Kier alpha value is -3.52. The van der Waals surface area contributed by atoms with Crippen LogP contribution in [0.2, 0.25) is 0 Å². The zero-order chi connectivity index (χ0) is 27.8. The summed E-state index contributed by atoms with van der Waals surface area (Å²) in [4.78, 5) is 17.2. The molecule has 2 aliphatic rings. The van der Waals surface area contributed by atoms with Gasteiger partial charge in [0, 0.05) is 34.1 Å². The van der Waals surface area contributed by atoms with E-state index in [4.69, 9.17) is 10.2 Å². The van der Waals surface area contributed by atoms with Crippen molar-refractivity contribution in [2.24, 2.45) is 0 Å². The van der Waals surface area contributed by atoms with Gasteiger partial charge >= 0.3 is 15.5 Å². The third-order valence-electron chi connectivity index (χ3n) is 5.88. The highest BCUT2D eigenvalue weighted by molar-refractivity contribution is 9.10. The maximum atomic E-state index is 13.2. The van der Waals surface area contributed by atoms with Crippen molar-refractivity contribution in [2.75, 3.05) is 17.0 Å². The van der Waals surface area contributed by atoms with Crippen LogP contribution in [-0.2, 0) is 23.0 Å². The van der Waals surface area contributed by atoms with E-state index in [9.17, 15) is 26.4 Å². The number of sulfonamides is 1. The number of fused-ring (bicyclic) bond motifs is 1. The smallest absolute Gasteiger partial charge is 0.472 e. The summed E-state index contributed by atoms with van der Waals surface area (Å²) in [5.74, 6) is 0.131. The second-order valence-electron chi connectivity index (χ2n) is 8.21. The Labute approximate surface area is 224 Å². The standard InChI is InChI=1S/C24H23BrF3N5O4S/c1-3-18-31-22(29)21(23(34)30-4-2)33(18)11-15-13-9-10-37-12-16(13)20(25)19(15)14-7-5-6-8-17(14)32-38(35,36)24(26,27)28/h5-10,12,32H,3-4,11,29H2,1-2H3,(H,30,34). The molecular formula is C24H23BrF3N5O4S. The highest BCUT2D eigenvalue weighted by Gasteiger charge is 2.46. The highest BCUT2D eigenvalue weighted by Crippen LogP contribution is 2.48. The molecule has 2 aromatic rings. The van der Waals surface area contributed by atoms with Gasteiger partial charge in [0.25, 0.3) is 5.91 Å². The number of benzene rings is 1. The van der Waals surface area contributed by atoms with Gasteiger partial charge in [-0.05, 0) is 46.1 Å². The number of aryl methyl sites for hydroxylation is 1. The second kappa shape index (κ2) is 10.3. The number of alkyl halides is 3. The van der Waals surface area contributed by atoms with E-state index in [1.54, 1.807) is 28.3 Å². The summed E-state index contributed by atoms with van der Waals surface area (Å²) < 4.78 is 72.7. The molecule has 14 heteroatoms. The number of nitrogens with two attached hydrogens (primary N) is 1. The number of rotatable bonds is 8. The number of anilines is 2. The number of carbonyl (C=O) groups excluding carboxylic acids is 1. The zero-order valence-corrected chi connectivity index (χ0v) is 22.6. The topological polar surface area (TPSA) is 132 Å². The van der Waals surface area contributed by atoms with Gasteiger partial charge in [0.1, 0.15) is 5.82 Å². The van der Waals surface area contributed by atoms with Crippen molar-refractivity contribution in [2.45, 2.75) is 32.3 Å². The summed E-state index contributed by atoms with van der Waals surface area (Å²) in [5.41, 5.74) is 2.91. The lowest BCUT2D eigenvalue weighted by Gasteiger charge is -2.17. The largest absolute Gasteiger partial charge is 0.516 e. The molecule has 0 unspecified atom stereocenters. The molecule has 0 fully saturated rings. The van der Waals surface area contributed by atoms with Gasteiger partial charge in [-0.3, -0.25) is 9.52 Å². The Balaban J connectivity index is 1.97. The van der Waals surface area contributed by atoms with Crippen LogP contribution in [0.15, 0.2) is 51.7 Å². The first kappa shape index (κ1) is 27.5. The number of para-hydroxylation sites is 1. The molecule has 0 radical (unpaired) electrons. The van der Waals surface area contributed by atoms with E-state index in [0.29, 0.717) is 45.5 Å². The minimum atomic E-state index is -5.70. The Kier molecular flexibility index (Phi) is 7.48. The van der Waals surface area contributed by atoms with E-state index in [1.165, 1.54) is 30.7 Å². The SMILES string of the molecule is CCNC(=O)c1c(N)nc(CC)n1Cc1c2ccocc-2c(Br)c1-c1ccccc1NS(=O)(=O)C(F)(F)F. The van der Waals surface area contributed by atoms with Crippen LogP contribution in [0, 0.1) is 0 Å². The average Bonchev–Trinajstić information content (AvgIpc) is 3.32. The molecule has 2 heterocycles. The number of amides is 1. The quantitative estimate of drug-likeness (QED) is 0.250. The summed E-state index contributed by atoms with van der Waals surface area (Å²) in [7, 11) is -5.70. The fraction of sp³-hybridized carbons (Fsp3) is 0.250. The predicted octanol–water partition coefficient (Wildman–Crippen LogP) is 5.21. The van der Waals surface area contributed by atoms with Crippen molar-refractivity contribution in [3.05, 3.63) is 64.4 Å². The van der Waals surface area contributed by atoms with Crippen LogP contribution >= 0.6 is 15.9 Å². The molecule has 0 saturated carbocycles. The summed E-state index contributed by atoms with van der Waals surface area (Å²) >= 11 is 3.53. The number of carbonyl (C=O) groups is 1. The Morgan fingerprint density at radius 1 is 1.16 bits per heavy atom. The van der Waals surface area contributed by atoms with Gasteiger partial charge in [0.2, 0.25) is 0 Å². The molecule has 202 valence electrons. The Bertz CT molecular complexity index is 1580.